The van der Waals surface area contributed by atoms with E-state index in [0.29, 0.717) is 12.5 Å². The van der Waals surface area contributed by atoms with E-state index in [0.717, 1.165) is 0 Å². The number of alkyl halides is 1. The molecule has 1 heterocycles. The Labute approximate surface area is 76.4 Å². The minimum Gasteiger partial charge on any atom is -0.425 e. The second-order valence-corrected chi connectivity index (χ2v) is 2.25. The third-order valence-electron chi connectivity index (χ3n) is 1.26. The number of pyridine rings is 1. The van der Waals surface area contributed by atoms with E-state index >= 15 is 0 Å². The molecule has 4 heteroatoms. The molecule has 1 aromatic heterocycles. The summed E-state index contributed by atoms with van der Waals surface area (Å²) in [4.78, 5) is 5.22. The molecule has 1 aromatic rings. The highest BCUT2D eigenvalue weighted by Gasteiger charge is 2.10. The van der Waals surface area contributed by atoms with E-state index < -0.39 is 0 Å². The molecule has 0 saturated carbocycles. The van der Waals surface area contributed by atoms with Gasteiger partial charge in [-0.3, -0.25) is 4.84 Å². The number of hydrogen-bond acceptors (Lipinski definition) is 2. The lowest BCUT2D eigenvalue weighted by molar-refractivity contribution is -0.892. The van der Waals surface area contributed by atoms with Gasteiger partial charge in [-0.1, -0.05) is 11.6 Å². The van der Waals surface area contributed by atoms with Gasteiger partial charge in [-0.2, -0.15) is 0 Å². The van der Waals surface area contributed by atoms with Gasteiger partial charge in [0.1, 0.15) is 0 Å². The zero-order valence-corrected chi connectivity index (χ0v) is 7.62. The SMILES string of the molecule is CCO[n+]1ccccc1OCCl. The number of aromatic nitrogens is 1. The summed E-state index contributed by atoms with van der Waals surface area (Å²) >= 11 is 5.42. The van der Waals surface area contributed by atoms with E-state index in [-0.39, 0.29) is 6.07 Å². The first-order valence-corrected chi connectivity index (χ1v) is 4.24. The van der Waals surface area contributed by atoms with Crippen molar-refractivity contribution in [1.29, 1.82) is 0 Å². The lowest BCUT2D eigenvalue weighted by atomic mass is 10.5. The zero-order valence-electron chi connectivity index (χ0n) is 6.87. The lowest BCUT2D eigenvalue weighted by Crippen LogP contribution is -2.43. The average Bonchev–Trinajstić information content (AvgIpc) is 2.09. The maximum Gasteiger partial charge on any atom is 0.418 e. The number of halogens is 1. The van der Waals surface area contributed by atoms with Crippen LogP contribution < -0.4 is 14.3 Å². The molecular weight excluding hydrogens is 178 g/mol. The Morgan fingerprint density at radius 3 is 3.00 bits per heavy atom. The molecular formula is C8H11ClNO2+. The summed E-state index contributed by atoms with van der Waals surface area (Å²) < 4.78 is 6.64. The Kier molecular flexibility index (Phi) is 3.67. The van der Waals surface area contributed by atoms with Crippen molar-refractivity contribution in [1.82, 2.24) is 0 Å². The van der Waals surface area contributed by atoms with Crippen LogP contribution in [0.3, 0.4) is 0 Å². The van der Waals surface area contributed by atoms with E-state index in [1.165, 1.54) is 0 Å². The Morgan fingerprint density at radius 2 is 2.33 bits per heavy atom. The summed E-state index contributed by atoms with van der Waals surface area (Å²) in [5, 5.41) is 0. The minimum absolute atomic E-state index is 0.122. The molecule has 12 heavy (non-hydrogen) atoms. The average molecular weight is 189 g/mol. The number of nitrogens with zero attached hydrogens (tertiary/aromatic N) is 1. The molecule has 0 aromatic carbocycles. The summed E-state index contributed by atoms with van der Waals surface area (Å²) in [6.45, 7) is 2.50. The van der Waals surface area contributed by atoms with Crippen LogP contribution in [-0.2, 0) is 0 Å². The van der Waals surface area contributed by atoms with E-state index in [1.807, 2.05) is 19.1 Å². The number of ether oxygens (including phenoxy) is 1. The van der Waals surface area contributed by atoms with Gasteiger partial charge in [-0.05, 0) is 13.0 Å². The predicted octanol–water partition coefficient (Wildman–Crippen LogP) is 0.998. The van der Waals surface area contributed by atoms with Gasteiger partial charge in [0.15, 0.2) is 12.7 Å². The highest BCUT2D eigenvalue weighted by Crippen LogP contribution is 2.00. The third-order valence-corrected chi connectivity index (χ3v) is 1.37. The molecule has 0 saturated heterocycles. The second kappa shape index (κ2) is 4.83. The van der Waals surface area contributed by atoms with Gasteiger partial charge in [0, 0.05) is 10.8 Å². The van der Waals surface area contributed by atoms with Crippen LogP contribution in [0.25, 0.3) is 0 Å². The summed E-state index contributed by atoms with van der Waals surface area (Å²) in [5.41, 5.74) is 0. The molecule has 0 unspecified atom stereocenters. The summed E-state index contributed by atoms with van der Waals surface area (Å²) in [5.74, 6) is 0.606. The molecule has 0 aliphatic heterocycles. The number of rotatable bonds is 4. The fourth-order valence-electron chi connectivity index (χ4n) is 0.826. The normalized spacial score (nSPS) is 9.50. The fourth-order valence-corrected chi connectivity index (χ4v) is 0.938. The summed E-state index contributed by atoms with van der Waals surface area (Å²) in [6.07, 6.45) is 1.77. The van der Waals surface area contributed by atoms with Crippen molar-refractivity contribution >= 4 is 11.6 Å². The molecule has 0 bridgehead atoms. The van der Waals surface area contributed by atoms with Gasteiger partial charge in [-0.25, -0.2) is 0 Å². The van der Waals surface area contributed by atoms with Crippen LogP contribution >= 0.6 is 11.6 Å². The van der Waals surface area contributed by atoms with Crippen LogP contribution in [0.4, 0.5) is 0 Å². The van der Waals surface area contributed by atoms with Gasteiger partial charge >= 0.3 is 5.88 Å². The van der Waals surface area contributed by atoms with Gasteiger partial charge in [0.2, 0.25) is 6.20 Å². The van der Waals surface area contributed by atoms with Gasteiger partial charge in [0.25, 0.3) is 0 Å². The Bertz CT molecular complexity index is 217. The molecule has 0 amide bonds. The fraction of sp³-hybridized carbons (Fsp3) is 0.375. The predicted molar refractivity (Wildman–Crippen MR) is 45.1 cm³/mol. The maximum absolute atomic E-state index is 5.42. The van der Waals surface area contributed by atoms with Crippen LogP contribution in [-0.4, -0.2) is 12.7 Å². The van der Waals surface area contributed by atoms with Gasteiger partial charge < -0.3 is 4.74 Å². The quantitative estimate of drug-likeness (QED) is 0.520. The van der Waals surface area contributed by atoms with E-state index in [1.54, 1.807) is 17.0 Å². The molecule has 0 radical (unpaired) electrons. The largest absolute Gasteiger partial charge is 0.425 e. The molecule has 1 rings (SSSR count). The van der Waals surface area contributed by atoms with E-state index in [4.69, 9.17) is 21.2 Å². The molecule has 66 valence electrons. The first kappa shape index (κ1) is 9.13. The summed E-state index contributed by atoms with van der Waals surface area (Å²) in [6, 6.07) is 5.63. The second-order valence-electron chi connectivity index (χ2n) is 2.04. The van der Waals surface area contributed by atoms with Crippen molar-refractivity contribution in [3.8, 4) is 5.88 Å². The Balaban J connectivity index is 2.77. The van der Waals surface area contributed by atoms with Crippen LogP contribution in [0.2, 0.25) is 0 Å². The number of hydrogen-bond donors (Lipinski definition) is 0. The van der Waals surface area contributed by atoms with Crippen molar-refractivity contribution in [2.24, 2.45) is 0 Å². The maximum atomic E-state index is 5.42. The monoisotopic (exact) mass is 188 g/mol. The van der Waals surface area contributed by atoms with Gasteiger partial charge in [0.05, 0.1) is 6.07 Å². The molecule has 0 atom stereocenters. The van der Waals surface area contributed by atoms with Gasteiger partial charge in [-0.15, -0.1) is 0 Å². The van der Waals surface area contributed by atoms with Crippen molar-refractivity contribution < 1.29 is 14.3 Å². The van der Waals surface area contributed by atoms with E-state index in [2.05, 4.69) is 0 Å². The molecule has 0 aliphatic carbocycles. The molecule has 3 nitrogen and oxygen atoms in total. The van der Waals surface area contributed by atoms with E-state index in [9.17, 15) is 0 Å². The topological polar surface area (TPSA) is 22.3 Å². The summed E-state index contributed by atoms with van der Waals surface area (Å²) in [7, 11) is 0. The molecule has 0 spiro atoms. The van der Waals surface area contributed by atoms with Crippen LogP contribution in [0, 0.1) is 0 Å². The molecule has 0 N–H and O–H groups in total. The van der Waals surface area contributed by atoms with Crippen LogP contribution in [0.1, 0.15) is 6.92 Å². The van der Waals surface area contributed by atoms with Crippen molar-refractivity contribution in [2.75, 3.05) is 12.7 Å². The third kappa shape index (κ3) is 2.27. The minimum atomic E-state index is 0.122. The Morgan fingerprint density at radius 1 is 1.50 bits per heavy atom. The van der Waals surface area contributed by atoms with Crippen molar-refractivity contribution in [3.63, 3.8) is 0 Å². The zero-order chi connectivity index (χ0) is 8.81. The highest BCUT2D eigenvalue weighted by atomic mass is 35.5. The smallest absolute Gasteiger partial charge is 0.418 e. The highest BCUT2D eigenvalue weighted by molar-refractivity contribution is 6.17. The Hall–Kier alpha value is -0.960. The lowest BCUT2D eigenvalue weighted by Gasteiger charge is -1.99. The molecule has 0 fully saturated rings. The first-order valence-electron chi connectivity index (χ1n) is 3.71. The standard InChI is InChI=1S/C8H11ClNO2/c1-2-12-10-6-4-3-5-8(10)11-7-9/h3-6H,2,7H2,1H3/q+1. The van der Waals surface area contributed by atoms with Crippen molar-refractivity contribution in [3.05, 3.63) is 24.4 Å². The first-order chi connectivity index (χ1) is 5.88. The van der Waals surface area contributed by atoms with Crippen molar-refractivity contribution in [2.45, 2.75) is 6.92 Å². The van der Waals surface area contributed by atoms with Crippen LogP contribution in [0.5, 0.6) is 5.88 Å². The van der Waals surface area contributed by atoms with Crippen LogP contribution in [0.15, 0.2) is 24.4 Å². The molecule has 0 aliphatic rings.